The molecule has 1 aromatic heterocycles. The van der Waals surface area contributed by atoms with Crippen molar-refractivity contribution in [2.24, 2.45) is 5.92 Å². The van der Waals surface area contributed by atoms with E-state index in [0.717, 1.165) is 35.0 Å². The summed E-state index contributed by atoms with van der Waals surface area (Å²) in [5.41, 5.74) is 16.8. The van der Waals surface area contributed by atoms with Crippen molar-refractivity contribution in [2.75, 3.05) is 4.90 Å². The molecule has 12 rings (SSSR count). The van der Waals surface area contributed by atoms with E-state index in [-0.39, 0.29) is 0 Å². The molecule has 0 N–H and O–H groups in total. The minimum Gasteiger partial charge on any atom is -0.453 e. The molecule has 0 saturated heterocycles. The largest absolute Gasteiger partial charge is 0.453 e. The van der Waals surface area contributed by atoms with E-state index in [1.807, 2.05) is 0 Å². The zero-order valence-electron chi connectivity index (χ0n) is 29.3. The first kappa shape index (κ1) is 29.0. The zero-order chi connectivity index (χ0) is 34.8. The predicted octanol–water partition coefficient (Wildman–Crippen LogP) is 13.0. The molecule has 2 aliphatic heterocycles. The van der Waals surface area contributed by atoms with Gasteiger partial charge in [0.2, 0.25) is 0 Å². The quantitative estimate of drug-likeness (QED) is 0.181. The lowest BCUT2D eigenvalue weighted by Gasteiger charge is -2.40. The van der Waals surface area contributed by atoms with Crippen LogP contribution in [-0.4, -0.2) is 4.57 Å². The number of hydrogen-bond donors (Lipinski definition) is 0. The van der Waals surface area contributed by atoms with Crippen LogP contribution in [0, 0.1) is 5.92 Å². The Balaban J connectivity index is 1.20. The van der Waals surface area contributed by atoms with Crippen molar-refractivity contribution in [3.8, 4) is 28.3 Å². The van der Waals surface area contributed by atoms with E-state index in [2.05, 4.69) is 186 Å². The first-order chi connectivity index (χ1) is 26.2. The highest BCUT2D eigenvalue weighted by Gasteiger charge is 2.52. The molecule has 0 bridgehead atoms. The Morgan fingerprint density at radius 2 is 1.38 bits per heavy atom. The van der Waals surface area contributed by atoms with Crippen LogP contribution >= 0.6 is 0 Å². The van der Waals surface area contributed by atoms with Crippen LogP contribution in [0.1, 0.15) is 41.2 Å². The van der Waals surface area contributed by atoms with Gasteiger partial charge in [0.05, 0.1) is 33.5 Å². The molecule has 2 unspecified atom stereocenters. The second-order valence-corrected chi connectivity index (χ2v) is 14.9. The van der Waals surface area contributed by atoms with Gasteiger partial charge in [0.1, 0.15) is 0 Å². The Labute approximate surface area is 308 Å². The molecule has 2 aliphatic carbocycles. The second kappa shape index (κ2) is 10.5. The average Bonchev–Trinajstić information content (AvgIpc) is 3.71. The highest BCUT2D eigenvalue weighted by Crippen LogP contribution is 2.66. The number of para-hydroxylation sites is 5. The van der Waals surface area contributed by atoms with E-state index in [0.29, 0.717) is 5.92 Å². The molecule has 8 aromatic rings. The van der Waals surface area contributed by atoms with Gasteiger partial charge in [0, 0.05) is 22.0 Å². The Morgan fingerprint density at radius 1 is 0.623 bits per heavy atom. The lowest BCUT2D eigenvalue weighted by atomic mass is 9.65. The highest BCUT2D eigenvalue weighted by atomic mass is 16.5. The number of aromatic nitrogens is 1. The average molecular weight is 679 g/mol. The van der Waals surface area contributed by atoms with Gasteiger partial charge in [-0.15, -0.1) is 0 Å². The summed E-state index contributed by atoms with van der Waals surface area (Å²) in [6.07, 6.45) is 7.81. The summed E-state index contributed by atoms with van der Waals surface area (Å²) >= 11 is 0. The number of benzene rings is 7. The number of nitrogens with zero attached hydrogens (tertiary/aromatic N) is 2. The summed E-state index contributed by atoms with van der Waals surface area (Å²) in [7, 11) is 0. The lowest BCUT2D eigenvalue weighted by Crippen LogP contribution is -2.33. The Morgan fingerprint density at radius 3 is 2.30 bits per heavy atom. The van der Waals surface area contributed by atoms with E-state index < -0.39 is 5.41 Å². The number of allylic oxidation sites excluding steroid dienone is 4. The Bertz CT molecular complexity index is 2940. The molecule has 0 fully saturated rings. The van der Waals surface area contributed by atoms with E-state index in [4.69, 9.17) is 4.74 Å². The third-order valence-electron chi connectivity index (χ3n) is 12.1. The van der Waals surface area contributed by atoms with Crippen LogP contribution < -0.4 is 9.64 Å². The molecule has 3 heterocycles. The topological polar surface area (TPSA) is 17.4 Å². The van der Waals surface area contributed by atoms with Crippen molar-refractivity contribution >= 4 is 44.4 Å². The molecule has 3 nitrogen and oxygen atoms in total. The maximum absolute atomic E-state index is 6.86. The summed E-state index contributed by atoms with van der Waals surface area (Å²) in [4.78, 5) is 2.46. The first-order valence-corrected chi connectivity index (χ1v) is 18.7. The maximum Gasteiger partial charge on any atom is 0.152 e. The predicted molar refractivity (Wildman–Crippen MR) is 217 cm³/mol. The van der Waals surface area contributed by atoms with Gasteiger partial charge in [-0.25, -0.2) is 0 Å². The van der Waals surface area contributed by atoms with Gasteiger partial charge in [-0.1, -0.05) is 134 Å². The molecule has 0 saturated carbocycles. The van der Waals surface area contributed by atoms with Crippen LogP contribution in [0.25, 0.3) is 44.2 Å². The van der Waals surface area contributed by atoms with Crippen LogP contribution in [0.15, 0.2) is 170 Å². The number of ether oxygens (including phenoxy) is 1. The SMILES string of the molecule is CC1C=CC=C(c2cccc(N3c4ccccc4Oc4ccc5c(c43)-c3ccccc3C53c4ccccc4-n4c5ccccc5c5cccc3c54)c2)C1. The normalized spacial score (nSPS) is 18.6. The van der Waals surface area contributed by atoms with E-state index in [9.17, 15) is 0 Å². The molecule has 0 amide bonds. The molecule has 7 aromatic carbocycles. The fourth-order valence-electron chi connectivity index (χ4n) is 10.1. The smallest absolute Gasteiger partial charge is 0.152 e. The highest BCUT2D eigenvalue weighted by molar-refractivity contribution is 6.13. The van der Waals surface area contributed by atoms with Crippen LogP contribution in [0.5, 0.6) is 11.5 Å². The third-order valence-corrected chi connectivity index (χ3v) is 12.1. The van der Waals surface area contributed by atoms with Crippen molar-refractivity contribution in [1.29, 1.82) is 0 Å². The molecule has 4 aliphatic rings. The monoisotopic (exact) mass is 678 g/mol. The van der Waals surface area contributed by atoms with Crippen molar-refractivity contribution in [1.82, 2.24) is 4.57 Å². The fourth-order valence-corrected chi connectivity index (χ4v) is 10.1. The van der Waals surface area contributed by atoms with Crippen LogP contribution in [0.2, 0.25) is 0 Å². The fraction of sp³-hybridized carbons (Fsp3) is 0.0800. The van der Waals surface area contributed by atoms with Crippen LogP contribution in [-0.2, 0) is 5.41 Å². The van der Waals surface area contributed by atoms with Crippen LogP contribution in [0.4, 0.5) is 17.1 Å². The number of anilines is 3. The molecule has 250 valence electrons. The van der Waals surface area contributed by atoms with Gasteiger partial charge in [-0.05, 0) is 93.8 Å². The zero-order valence-corrected chi connectivity index (χ0v) is 29.3. The van der Waals surface area contributed by atoms with Crippen molar-refractivity contribution in [3.05, 3.63) is 198 Å². The molecular weight excluding hydrogens is 645 g/mol. The van der Waals surface area contributed by atoms with Crippen molar-refractivity contribution in [2.45, 2.75) is 18.8 Å². The van der Waals surface area contributed by atoms with Gasteiger partial charge in [-0.2, -0.15) is 0 Å². The van der Waals surface area contributed by atoms with Crippen molar-refractivity contribution in [3.63, 3.8) is 0 Å². The summed E-state index contributed by atoms with van der Waals surface area (Å²) < 4.78 is 9.37. The maximum atomic E-state index is 6.86. The van der Waals surface area contributed by atoms with Gasteiger partial charge >= 0.3 is 0 Å². The summed E-state index contributed by atoms with van der Waals surface area (Å²) in [5, 5.41) is 2.56. The molecule has 2 atom stereocenters. The third kappa shape index (κ3) is 3.69. The molecule has 1 spiro atoms. The summed E-state index contributed by atoms with van der Waals surface area (Å²) in [5.74, 6) is 2.24. The second-order valence-electron chi connectivity index (χ2n) is 14.9. The molecule has 53 heavy (non-hydrogen) atoms. The van der Waals surface area contributed by atoms with Gasteiger partial charge in [0.15, 0.2) is 11.5 Å². The van der Waals surface area contributed by atoms with Gasteiger partial charge in [0.25, 0.3) is 0 Å². The Hall–Kier alpha value is -6.58. The van der Waals surface area contributed by atoms with E-state index in [1.54, 1.807) is 0 Å². The standard InChI is InChI=1S/C50H34N2O/c1-31-13-10-14-32(29-31)33-15-11-16-34(30-33)51-44-25-8-9-26-45(44)53-46-28-27-40-47(49(46)51)37-18-2-4-20-38(37)50(40)39-21-5-7-24-43(39)52-42-23-6-3-17-35(42)36-19-12-22-41(50)48(36)52/h2-28,30-31H,29H2,1H3. The molecule has 0 radical (unpaired) electrons. The number of rotatable bonds is 2. The number of hydrogen-bond acceptors (Lipinski definition) is 2. The minimum atomic E-state index is -0.540. The van der Waals surface area contributed by atoms with Gasteiger partial charge in [-0.3, -0.25) is 0 Å². The van der Waals surface area contributed by atoms with E-state index >= 15 is 0 Å². The molecule has 3 heteroatoms. The summed E-state index contributed by atoms with van der Waals surface area (Å²) in [6.45, 7) is 2.29. The summed E-state index contributed by atoms with van der Waals surface area (Å²) in [6, 6.07) is 56.1. The van der Waals surface area contributed by atoms with Crippen molar-refractivity contribution < 1.29 is 4.74 Å². The lowest BCUT2D eigenvalue weighted by molar-refractivity contribution is 0.477. The van der Waals surface area contributed by atoms with E-state index in [1.165, 1.54) is 72.0 Å². The number of fused-ring (bicyclic) bond motifs is 15. The Kier molecular flexibility index (Phi) is 5.75. The molecular formula is C50H34N2O. The van der Waals surface area contributed by atoms with Crippen LogP contribution in [0.3, 0.4) is 0 Å². The van der Waals surface area contributed by atoms with Gasteiger partial charge < -0.3 is 14.2 Å². The first-order valence-electron chi connectivity index (χ1n) is 18.7. The minimum absolute atomic E-state index is 0.515.